The predicted molar refractivity (Wildman–Crippen MR) is 99.8 cm³/mol. The van der Waals surface area contributed by atoms with Crippen molar-refractivity contribution < 1.29 is 14.3 Å². The summed E-state index contributed by atoms with van der Waals surface area (Å²) < 4.78 is 6.11. The second kappa shape index (κ2) is 8.70. The summed E-state index contributed by atoms with van der Waals surface area (Å²) in [5, 5.41) is 10.2. The summed E-state index contributed by atoms with van der Waals surface area (Å²) in [5.74, 6) is -0.877. The molecule has 0 saturated heterocycles. The number of thiol groups is 1. The Bertz CT molecular complexity index is 880. The van der Waals surface area contributed by atoms with E-state index in [9.17, 15) is 4.79 Å². The molecule has 1 N–H and O–H groups in total. The predicted octanol–water partition coefficient (Wildman–Crippen LogP) is 4.78. The maximum Gasteiger partial charge on any atom is 0.316 e. The summed E-state index contributed by atoms with van der Waals surface area (Å²) in [5.41, 5.74) is 1.96. The van der Waals surface area contributed by atoms with E-state index in [0.717, 1.165) is 11.3 Å². The lowest BCUT2D eigenvalue weighted by atomic mass is 10.1. The number of carboxylic acids is 1. The van der Waals surface area contributed by atoms with Crippen LogP contribution in [0.5, 0.6) is 0 Å². The van der Waals surface area contributed by atoms with Crippen LogP contribution in [0.15, 0.2) is 70.1 Å². The lowest BCUT2D eigenvalue weighted by molar-refractivity contribution is -0.136. The van der Waals surface area contributed by atoms with Crippen molar-refractivity contribution in [3.05, 3.63) is 76.1 Å². The second-order valence-corrected chi connectivity index (χ2v) is 6.58. The van der Waals surface area contributed by atoms with E-state index in [1.165, 1.54) is 28.2 Å². The maximum atomic E-state index is 9.62. The van der Waals surface area contributed by atoms with Gasteiger partial charge in [-0.05, 0) is 23.4 Å². The van der Waals surface area contributed by atoms with Gasteiger partial charge in [0.1, 0.15) is 12.0 Å². The van der Waals surface area contributed by atoms with Crippen LogP contribution in [0.25, 0.3) is 11.3 Å². The average molecular weight is 406 g/mol. The largest absolute Gasteiger partial charge is 0.480 e. The Morgan fingerprint density at radius 3 is 2.21 bits per heavy atom. The first-order valence-electron chi connectivity index (χ1n) is 7.13. The molecule has 0 bridgehead atoms. The minimum Gasteiger partial charge on any atom is -0.480 e. The van der Waals surface area contributed by atoms with Gasteiger partial charge in [0.2, 0.25) is 0 Å². The summed E-state index contributed by atoms with van der Waals surface area (Å²) in [6.45, 7) is 1.51. The van der Waals surface area contributed by atoms with Crippen LogP contribution < -0.4 is 0 Å². The van der Waals surface area contributed by atoms with Crippen molar-refractivity contribution in [3.63, 3.8) is 0 Å². The normalized spacial score (nSPS) is 11.3. The number of benzene rings is 2. The zero-order valence-corrected chi connectivity index (χ0v) is 15.4. The van der Waals surface area contributed by atoms with E-state index in [2.05, 4.69) is 51.7 Å². The van der Waals surface area contributed by atoms with Crippen molar-refractivity contribution >= 4 is 34.5 Å². The molecule has 0 saturated carbocycles. The fourth-order valence-electron chi connectivity index (χ4n) is 1.71. The molecule has 2 aliphatic carbocycles. The van der Waals surface area contributed by atoms with Crippen LogP contribution >= 0.6 is 28.6 Å². The number of oxazole rings is 1. The van der Waals surface area contributed by atoms with E-state index >= 15 is 0 Å². The van der Waals surface area contributed by atoms with Crippen LogP contribution in [0.1, 0.15) is 6.92 Å². The van der Waals surface area contributed by atoms with E-state index < -0.39 is 11.2 Å². The SMILES string of the molecule is Brc1cc2ccc1=2.CC(S)C(=O)O.c1ccc(-c2cocn2)cc1. The molecular weight excluding hydrogens is 390 g/mol. The molecule has 1 unspecified atom stereocenters. The fraction of sp³-hybridized carbons (Fsp3) is 0.111. The van der Waals surface area contributed by atoms with Crippen molar-refractivity contribution in [2.75, 3.05) is 0 Å². The van der Waals surface area contributed by atoms with Crippen molar-refractivity contribution in [1.82, 2.24) is 4.98 Å². The van der Waals surface area contributed by atoms with Gasteiger partial charge in [0.15, 0.2) is 6.39 Å². The Kier molecular flexibility index (Phi) is 6.63. The van der Waals surface area contributed by atoms with Gasteiger partial charge in [0, 0.05) is 10.0 Å². The molecule has 1 aromatic heterocycles. The highest BCUT2D eigenvalue weighted by Crippen LogP contribution is 2.20. The Hall–Kier alpha value is -2.05. The average Bonchev–Trinajstić information content (AvgIpc) is 3.09. The summed E-state index contributed by atoms with van der Waals surface area (Å²) in [6.07, 6.45) is 3.07. The van der Waals surface area contributed by atoms with Crippen LogP contribution in [-0.4, -0.2) is 21.3 Å². The molecule has 1 aromatic carbocycles. The Labute approximate surface area is 153 Å². The molecule has 0 spiro atoms. The molecule has 0 fully saturated rings. The minimum atomic E-state index is -0.877. The van der Waals surface area contributed by atoms with Gasteiger partial charge in [-0.1, -0.05) is 58.4 Å². The number of rotatable bonds is 2. The highest BCUT2D eigenvalue weighted by atomic mass is 79.9. The monoisotopic (exact) mass is 405 g/mol. The summed E-state index contributed by atoms with van der Waals surface area (Å²) in [4.78, 5) is 13.6. The number of aliphatic carboxylic acids is 1. The molecule has 124 valence electrons. The van der Waals surface area contributed by atoms with Gasteiger partial charge < -0.3 is 9.52 Å². The van der Waals surface area contributed by atoms with Gasteiger partial charge in [-0.25, -0.2) is 4.98 Å². The zero-order chi connectivity index (χ0) is 17.5. The van der Waals surface area contributed by atoms with Gasteiger partial charge in [-0.3, -0.25) is 4.79 Å². The molecule has 4 rings (SSSR count). The summed E-state index contributed by atoms with van der Waals surface area (Å²) >= 11 is 6.96. The third kappa shape index (κ3) is 4.97. The Morgan fingerprint density at radius 2 is 1.92 bits per heavy atom. The minimum absolute atomic E-state index is 0.537. The number of nitrogens with zero attached hydrogens (tertiary/aromatic N) is 1. The highest BCUT2D eigenvalue weighted by molar-refractivity contribution is 9.10. The third-order valence-corrected chi connectivity index (χ3v) is 4.02. The molecule has 2 aromatic rings. The number of carbonyl (C=O) groups is 1. The van der Waals surface area contributed by atoms with Gasteiger partial charge >= 0.3 is 5.97 Å². The molecule has 6 heteroatoms. The lowest BCUT2D eigenvalue weighted by Gasteiger charge is -2.02. The van der Waals surface area contributed by atoms with E-state index in [4.69, 9.17) is 9.52 Å². The molecule has 1 heterocycles. The van der Waals surface area contributed by atoms with Crippen molar-refractivity contribution in [2.24, 2.45) is 0 Å². The standard InChI is InChI=1S/C9H7NO.C6H3Br.C3H6O2S/c1-2-4-8(5-3-1)9-6-11-7-10-9;7-6-3-4-1-2-5(4)6;1-2(6)3(4)5/h1-7H;1-3H;2,6H,1H3,(H,4,5). The molecule has 0 radical (unpaired) electrons. The first kappa shape index (κ1) is 18.3. The van der Waals surface area contributed by atoms with Gasteiger partial charge in [-0.2, -0.15) is 12.6 Å². The van der Waals surface area contributed by atoms with Crippen LogP contribution in [0.3, 0.4) is 0 Å². The number of hydrogen-bond acceptors (Lipinski definition) is 4. The quantitative estimate of drug-likeness (QED) is 0.471. The van der Waals surface area contributed by atoms with Crippen LogP contribution in [-0.2, 0) is 4.79 Å². The van der Waals surface area contributed by atoms with E-state index in [1.807, 2.05) is 30.3 Å². The smallest absolute Gasteiger partial charge is 0.316 e. The Balaban J connectivity index is 0.000000139. The number of aromatic nitrogens is 1. The number of carboxylic acid groups (broad SMARTS) is 1. The van der Waals surface area contributed by atoms with Crippen molar-refractivity contribution in [1.29, 1.82) is 0 Å². The van der Waals surface area contributed by atoms with Crippen molar-refractivity contribution in [3.8, 4) is 11.3 Å². The summed E-state index contributed by atoms with van der Waals surface area (Å²) in [6, 6.07) is 16.3. The molecule has 2 aliphatic rings. The summed E-state index contributed by atoms with van der Waals surface area (Å²) in [7, 11) is 0. The van der Waals surface area contributed by atoms with E-state index in [-0.39, 0.29) is 0 Å². The fourth-order valence-corrected chi connectivity index (χ4v) is 2.31. The first-order valence-corrected chi connectivity index (χ1v) is 8.44. The number of halogens is 1. The highest BCUT2D eigenvalue weighted by Gasteiger charge is 2.00. The van der Waals surface area contributed by atoms with E-state index in [1.54, 1.807) is 6.26 Å². The second-order valence-electron chi connectivity index (χ2n) is 4.95. The first-order chi connectivity index (χ1) is 11.5. The molecule has 0 amide bonds. The molecule has 4 nitrogen and oxygen atoms in total. The molecule has 0 aliphatic heterocycles. The maximum absolute atomic E-state index is 9.62. The van der Waals surface area contributed by atoms with Gasteiger partial charge in [-0.15, -0.1) is 0 Å². The molecule has 1 atom stereocenters. The lowest BCUT2D eigenvalue weighted by Crippen LogP contribution is -2.06. The third-order valence-electron chi connectivity index (χ3n) is 3.14. The molecule has 24 heavy (non-hydrogen) atoms. The van der Waals surface area contributed by atoms with Gasteiger partial charge in [0.25, 0.3) is 0 Å². The number of hydrogen-bond donors (Lipinski definition) is 2. The zero-order valence-electron chi connectivity index (χ0n) is 12.9. The van der Waals surface area contributed by atoms with Crippen molar-refractivity contribution in [2.45, 2.75) is 12.2 Å². The van der Waals surface area contributed by atoms with Gasteiger partial charge in [0.05, 0.1) is 5.25 Å². The topological polar surface area (TPSA) is 63.3 Å². The van der Waals surface area contributed by atoms with Crippen LogP contribution in [0.2, 0.25) is 0 Å². The van der Waals surface area contributed by atoms with Crippen LogP contribution in [0, 0.1) is 10.4 Å². The van der Waals surface area contributed by atoms with E-state index in [0.29, 0.717) is 0 Å². The Morgan fingerprint density at radius 1 is 1.25 bits per heavy atom. The molecular formula is C18H16BrNO3S. The van der Waals surface area contributed by atoms with Crippen LogP contribution in [0.4, 0.5) is 0 Å².